The van der Waals surface area contributed by atoms with Gasteiger partial charge in [0.15, 0.2) is 0 Å². The molecule has 152 valence electrons. The second-order valence-corrected chi connectivity index (χ2v) is 9.21. The van der Waals surface area contributed by atoms with Crippen LogP contribution in [-0.2, 0) is 14.8 Å². The fraction of sp³-hybridized carbons (Fsp3) is 0.125. The molecule has 0 fully saturated rings. The molecule has 0 unspecified atom stereocenters. The van der Waals surface area contributed by atoms with E-state index in [1.54, 1.807) is 25.1 Å². The van der Waals surface area contributed by atoms with Crippen molar-refractivity contribution < 1.29 is 13.2 Å². The number of aryl methyl sites for hydroxylation is 1. The largest absolute Gasteiger partial charge is 0.321 e. The van der Waals surface area contributed by atoms with Crippen LogP contribution in [0.5, 0.6) is 0 Å². The Labute approximate surface area is 176 Å². The van der Waals surface area contributed by atoms with Crippen molar-refractivity contribution in [2.75, 3.05) is 15.8 Å². The molecule has 0 spiro atoms. The van der Waals surface area contributed by atoms with E-state index < -0.39 is 10.0 Å². The number of amides is 1. The number of carbonyl (C=O) groups is 1. The Kier molecular flexibility index (Phi) is 5.18. The zero-order valence-electron chi connectivity index (χ0n) is 16.8. The lowest BCUT2D eigenvalue weighted by Crippen LogP contribution is -2.14. The molecule has 0 atom stereocenters. The van der Waals surface area contributed by atoms with Gasteiger partial charge in [0.2, 0.25) is 10.0 Å². The van der Waals surface area contributed by atoms with Crippen LogP contribution < -0.4 is 10.0 Å². The number of sulfonamides is 1. The van der Waals surface area contributed by atoms with Crippen molar-refractivity contribution in [3.05, 3.63) is 95.1 Å². The monoisotopic (exact) mass is 418 g/mol. The third-order valence-corrected chi connectivity index (χ3v) is 6.38. The molecule has 5 nitrogen and oxygen atoms in total. The van der Waals surface area contributed by atoms with Crippen molar-refractivity contribution in [2.45, 2.75) is 13.8 Å². The van der Waals surface area contributed by atoms with Gasteiger partial charge in [-0.25, -0.2) is 8.42 Å². The lowest BCUT2D eigenvalue weighted by molar-refractivity contribution is -0.110. The van der Waals surface area contributed by atoms with E-state index in [4.69, 9.17) is 0 Å². The summed E-state index contributed by atoms with van der Waals surface area (Å²) in [6.45, 7) is 3.60. The fourth-order valence-electron chi connectivity index (χ4n) is 3.51. The van der Waals surface area contributed by atoms with Crippen molar-refractivity contribution in [2.24, 2.45) is 0 Å². The van der Waals surface area contributed by atoms with Gasteiger partial charge in [-0.2, -0.15) is 0 Å². The summed E-state index contributed by atoms with van der Waals surface area (Å²) in [6, 6.07) is 22.9. The second-order valence-electron chi connectivity index (χ2n) is 7.20. The van der Waals surface area contributed by atoms with Gasteiger partial charge in [-0.3, -0.25) is 9.52 Å². The Balaban J connectivity index is 1.95. The van der Waals surface area contributed by atoms with Crippen LogP contribution in [0.1, 0.15) is 29.2 Å². The summed E-state index contributed by atoms with van der Waals surface area (Å²) in [5, 5.41) is 2.91. The second kappa shape index (κ2) is 7.80. The minimum atomic E-state index is -3.42. The summed E-state index contributed by atoms with van der Waals surface area (Å²) in [7, 11) is -3.42. The Morgan fingerprint density at radius 1 is 0.933 bits per heavy atom. The van der Waals surface area contributed by atoms with Crippen LogP contribution in [0, 0.1) is 6.92 Å². The van der Waals surface area contributed by atoms with E-state index in [-0.39, 0.29) is 11.7 Å². The fourth-order valence-corrected chi connectivity index (χ4v) is 4.14. The molecule has 0 bridgehead atoms. The highest BCUT2D eigenvalue weighted by Gasteiger charge is 2.29. The van der Waals surface area contributed by atoms with Crippen LogP contribution in [0.2, 0.25) is 0 Å². The van der Waals surface area contributed by atoms with Gasteiger partial charge in [0.1, 0.15) is 0 Å². The SMILES string of the molecule is CCS(=O)(=O)Nc1ccc2c(c1)C(=C(c1ccccc1)c1ccc(C)cc1)C(=O)N2. The molecule has 0 saturated heterocycles. The van der Waals surface area contributed by atoms with Gasteiger partial charge in [-0.05, 0) is 43.2 Å². The van der Waals surface area contributed by atoms with E-state index in [9.17, 15) is 13.2 Å². The van der Waals surface area contributed by atoms with E-state index in [2.05, 4.69) is 10.0 Å². The average molecular weight is 419 g/mol. The number of hydrogen-bond acceptors (Lipinski definition) is 3. The summed E-state index contributed by atoms with van der Waals surface area (Å²) in [6.07, 6.45) is 0. The molecule has 0 saturated carbocycles. The van der Waals surface area contributed by atoms with Gasteiger partial charge in [0.25, 0.3) is 5.91 Å². The number of carbonyl (C=O) groups excluding carboxylic acids is 1. The van der Waals surface area contributed by atoms with Crippen molar-refractivity contribution in [1.29, 1.82) is 0 Å². The Morgan fingerprint density at radius 3 is 2.27 bits per heavy atom. The average Bonchev–Trinajstić information content (AvgIpc) is 3.05. The third kappa shape index (κ3) is 3.86. The molecule has 1 heterocycles. The minimum Gasteiger partial charge on any atom is -0.321 e. The predicted octanol–water partition coefficient (Wildman–Crippen LogP) is 4.67. The molecule has 30 heavy (non-hydrogen) atoms. The molecule has 4 rings (SSSR count). The minimum absolute atomic E-state index is 0.0252. The molecule has 0 aromatic heterocycles. The highest BCUT2D eigenvalue weighted by Crippen LogP contribution is 2.41. The summed E-state index contributed by atoms with van der Waals surface area (Å²) in [5.74, 6) is -0.234. The van der Waals surface area contributed by atoms with E-state index in [0.29, 0.717) is 22.5 Å². The highest BCUT2D eigenvalue weighted by atomic mass is 32.2. The molecule has 1 amide bonds. The number of benzene rings is 3. The Hall–Kier alpha value is -3.38. The van der Waals surface area contributed by atoms with E-state index >= 15 is 0 Å². The predicted molar refractivity (Wildman–Crippen MR) is 122 cm³/mol. The van der Waals surface area contributed by atoms with E-state index in [1.165, 1.54) is 0 Å². The smallest absolute Gasteiger partial charge is 0.257 e. The molecule has 3 aromatic rings. The van der Waals surface area contributed by atoms with Crippen LogP contribution in [-0.4, -0.2) is 20.1 Å². The maximum absolute atomic E-state index is 13.0. The maximum Gasteiger partial charge on any atom is 0.257 e. The highest BCUT2D eigenvalue weighted by molar-refractivity contribution is 7.92. The quantitative estimate of drug-likeness (QED) is 0.592. The van der Waals surface area contributed by atoms with Gasteiger partial charge >= 0.3 is 0 Å². The van der Waals surface area contributed by atoms with Crippen molar-refractivity contribution in [3.63, 3.8) is 0 Å². The standard InChI is InChI=1S/C24H22N2O3S/c1-3-30(28,29)26-19-13-14-21-20(15-19)23(24(27)25-21)22(17-7-5-4-6-8-17)18-11-9-16(2)10-12-18/h4-15,26H,3H2,1-2H3,(H,25,27). The third-order valence-electron chi connectivity index (χ3n) is 5.07. The molecule has 1 aliphatic heterocycles. The van der Waals surface area contributed by atoms with Crippen LogP contribution in [0.15, 0.2) is 72.8 Å². The van der Waals surface area contributed by atoms with Crippen LogP contribution in [0.3, 0.4) is 0 Å². The van der Waals surface area contributed by atoms with Crippen molar-refractivity contribution in [3.8, 4) is 0 Å². The van der Waals surface area contributed by atoms with E-state index in [1.807, 2.05) is 61.5 Å². The lowest BCUT2D eigenvalue weighted by Gasteiger charge is -2.13. The first-order chi connectivity index (χ1) is 14.4. The molecule has 0 aliphatic carbocycles. The number of hydrogen-bond donors (Lipinski definition) is 2. The topological polar surface area (TPSA) is 75.3 Å². The first-order valence-electron chi connectivity index (χ1n) is 9.71. The number of rotatable bonds is 5. The van der Waals surface area contributed by atoms with Gasteiger partial charge in [-0.1, -0.05) is 60.2 Å². The summed E-state index contributed by atoms with van der Waals surface area (Å²) < 4.78 is 26.6. The summed E-state index contributed by atoms with van der Waals surface area (Å²) >= 11 is 0. The van der Waals surface area contributed by atoms with Crippen LogP contribution in [0.4, 0.5) is 11.4 Å². The first kappa shape index (κ1) is 19.9. The van der Waals surface area contributed by atoms with Crippen molar-refractivity contribution >= 4 is 38.5 Å². The summed E-state index contributed by atoms with van der Waals surface area (Å²) in [4.78, 5) is 13.0. The number of fused-ring (bicyclic) bond motifs is 1. The first-order valence-corrected chi connectivity index (χ1v) is 11.4. The Morgan fingerprint density at radius 2 is 1.60 bits per heavy atom. The molecule has 1 aliphatic rings. The van der Waals surface area contributed by atoms with Gasteiger partial charge < -0.3 is 5.32 Å². The number of anilines is 2. The maximum atomic E-state index is 13.0. The molecule has 6 heteroatoms. The van der Waals surface area contributed by atoms with Crippen LogP contribution >= 0.6 is 0 Å². The van der Waals surface area contributed by atoms with Gasteiger partial charge in [-0.15, -0.1) is 0 Å². The number of nitrogens with one attached hydrogen (secondary N) is 2. The summed E-state index contributed by atoms with van der Waals surface area (Å²) in [5.41, 5.74) is 6.07. The van der Waals surface area contributed by atoms with Gasteiger partial charge in [0, 0.05) is 22.5 Å². The zero-order valence-corrected chi connectivity index (χ0v) is 17.6. The molecule has 3 aromatic carbocycles. The normalized spacial score (nSPS) is 14.8. The zero-order chi connectivity index (χ0) is 21.3. The molecular formula is C24H22N2O3S. The van der Waals surface area contributed by atoms with Crippen LogP contribution in [0.25, 0.3) is 11.1 Å². The molecular weight excluding hydrogens is 396 g/mol. The van der Waals surface area contributed by atoms with Gasteiger partial charge in [0.05, 0.1) is 11.3 Å². The van der Waals surface area contributed by atoms with E-state index in [0.717, 1.165) is 22.3 Å². The van der Waals surface area contributed by atoms with Crippen molar-refractivity contribution in [1.82, 2.24) is 0 Å². The lowest BCUT2D eigenvalue weighted by atomic mass is 9.89. The molecule has 2 N–H and O–H groups in total. The Bertz CT molecular complexity index is 1250. The molecule has 0 radical (unpaired) electrons.